The number of hydrogen-bond acceptors (Lipinski definition) is 3. The van der Waals surface area contributed by atoms with E-state index in [0.717, 1.165) is 25.7 Å². The number of aromatic nitrogens is 1. The Hall–Kier alpha value is -1.34. The number of sulfonamides is 1. The fraction of sp³-hybridized carbons (Fsp3) is 0.615. The molecule has 2 rings (SSSR count). The number of nitrogens with two attached hydrogens (primary N) is 1. The first kappa shape index (κ1) is 15.1. The Morgan fingerprint density at radius 2 is 1.90 bits per heavy atom. The lowest BCUT2D eigenvalue weighted by Gasteiger charge is -2.16. The number of nitrogens with one attached hydrogen (secondary N) is 1. The molecule has 0 aliphatic heterocycles. The van der Waals surface area contributed by atoms with E-state index < -0.39 is 10.0 Å². The largest absolute Gasteiger partial charge is 0.348 e. The lowest BCUT2D eigenvalue weighted by Crippen LogP contribution is -2.35. The standard InChI is InChI=1S/C13H21N3O3S/c1-16-9-11(20(14,18)19)8-12(16)13(17)15-10-6-4-2-3-5-7-10/h8-10H,2-7H2,1H3,(H,15,17)(H2,14,18,19). The lowest BCUT2D eigenvalue weighted by atomic mass is 10.1. The third-order valence-corrected chi connectivity index (χ3v) is 4.61. The molecule has 6 nitrogen and oxygen atoms in total. The summed E-state index contributed by atoms with van der Waals surface area (Å²) in [6, 6.07) is 1.50. The molecule has 1 aliphatic rings. The van der Waals surface area contributed by atoms with Gasteiger partial charge in [0.2, 0.25) is 10.0 Å². The molecule has 7 heteroatoms. The average molecular weight is 299 g/mol. The van der Waals surface area contributed by atoms with Crippen molar-refractivity contribution < 1.29 is 13.2 Å². The van der Waals surface area contributed by atoms with Gasteiger partial charge in [-0.05, 0) is 18.9 Å². The molecule has 1 aliphatic carbocycles. The fourth-order valence-electron chi connectivity index (χ4n) is 2.60. The minimum atomic E-state index is -3.78. The number of nitrogens with zero attached hydrogens (tertiary/aromatic N) is 1. The summed E-state index contributed by atoms with van der Waals surface area (Å²) in [6.45, 7) is 0. The summed E-state index contributed by atoms with van der Waals surface area (Å²) in [5.74, 6) is -0.241. The van der Waals surface area contributed by atoms with E-state index in [2.05, 4.69) is 5.32 Å². The van der Waals surface area contributed by atoms with Crippen LogP contribution in [0.25, 0.3) is 0 Å². The first-order valence-electron chi connectivity index (χ1n) is 6.88. The van der Waals surface area contributed by atoms with E-state index in [1.807, 2.05) is 0 Å². The van der Waals surface area contributed by atoms with Crippen LogP contribution in [0.5, 0.6) is 0 Å². The normalized spacial score (nSPS) is 17.7. The van der Waals surface area contributed by atoms with Crippen LogP contribution >= 0.6 is 0 Å². The SMILES string of the molecule is Cn1cc(S(N)(=O)=O)cc1C(=O)NC1CCCCCC1. The average Bonchev–Trinajstić information content (AvgIpc) is 2.58. The highest BCUT2D eigenvalue weighted by atomic mass is 32.2. The first-order chi connectivity index (χ1) is 9.38. The highest BCUT2D eigenvalue weighted by molar-refractivity contribution is 7.89. The van der Waals surface area contributed by atoms with Gasteiger partial charge < -0.3 is 9.88 Å². The lowest BCUT2D eigenvalue weighted by molar-refractivity contribution is 0.0925. The molecule has 1 fully saturated rings. The number of rotatable bonds is 3. The fourth-order valence-corrected chi connectivity index (χ4v) is 3.18. The molecule has 1 aromatic heterocycles. The van der Waals surface area contributed by atoms with Crippen LogP contribution in [0.4, 0.5) is 0 Å². The predicted molar refractivity (Wildman–Crippen MR) is 75.7 cm³/mol. The summed E-state index contributed by atoms with van der Waals surface area (Å²) in [5.41, 5.74) is 0.318. The molecule has 0 bridgehead atoms. The maximum Gasteiger partial charge on any atom is 0.268 e. The zero-order valence-corrected chi connectivity index (χ0v) is 12.4. The number of hydrogen-bond donors (Lipinski definition) is 2. The molecule has 1 amide bonds. The summed E-state index contributed by atoms with van der Waals surface area (Å²) in [4.78, 5) is 12.2. The van der Waals surface area contributed by atoms with Gasteiger partial charge in [0.05, 0.1) is 0 Å². The number of carbonyl (C=O) groups is 1. The van der Waals surface area contributed by atoms with Gasteiger partial charge in [0, 0.05) is 19.3 Å². The molecule has 20 heavy (non-hydrogen) atoms. The Labute approximate surface area is 119 Å². The molecule has 0 aromatic carbocycles. The van der Waals surface area contributed by atoms with E-state index in [9.17, 15) is 13.2 Å². The zero-order valence-electron chi connectivity index (χ0n) is 11.6. The van der Waals surface area contributed by atoms with Crippen molar-refractivity contribution in [1.29, 1.82) is 0 Å². The van der Waals surface area contributed by atoms with Gasteiger partial charge in [-0.2, -0.15) is 0 Å². The monoisotopic (exact) mass is 299 g/mol. The molecule has 1 aromatic rings. The molecule has 112 valence electrons. The first-order valence-corrected chi connectivity index (χ1v) is 8.42. The Bertz CT molecular complexity index is 584. The highest BCUT2D eigenvalue weighted by Crippen LogP contribution is 2.18. The molecule has 0 unspecified atom stereocenters. The van der Waals surface area contributed by atoms with Crippen molar-refractivity contribution in [2.75, 3.05) is 0 Å². The summed E-state index contributed by atoms with van der Waals surface area (Å²) in [6.07, 6.45) is 8.01. The Morgan fingerprint density at radius 1 is 1.30 bits per heavy atom. The van der Waals surface area contributed by atoms with Crippen LogP contribution in [0.1, 0.15) is 49.0 Å². The second kappa shape index (κ2) is 5.97. The van der Waals surface area contributed by atoms with Crippen LogP contribution in [-0.4, -0.2) is 24.9 Å². The van der Waals surface area contributed by atoms with Gasteiger partial charge >= 0.3 is 0 Å². The topological polar surface area (TPSA) is 94.2 Å². The minimum Gasteiger partial charge on any atom is -0.348 e. The number of aryl methyl sites for hydroxylation is 1. The summed E-state index contributed by atoms with van der Waals surface area (Å²) < 4.78 is 24.1. The van der Waals surface area contributed by atoms with Crippen LogP contribution in [-0.2, 0) is 17.1 Å². The van der Waals surface area contributed by atoms with Crippen molar-refractivity contribution in [2.24, 2.45) is 12.2 Å². The van der Waals surface area contributed by atoms with Crippen molar-refractivity contribution in [3.05, 3.63) is 18.0 Å². The molecule has 0 spiro atoms. The van der Waals surface area contributed by atoms with Gasteiger partial charge in [0.15, 0.2) is 0 Å². The van der Waals surface area contributed by atoms with Crippen molar-refractivity contribution in [1.82, 2.24) is 9.88 Å². The summed E-state index contributed by atoms with van der Waals surface area (Å²) in [7, 11) is -2.14. The molecule has 0 saturated heterocycles. The molecule has 1 heterocycles. The van der Waals surface area contributed by atoms with Gasteiger partial charge in [-0.15, -0.1) is 0 Å². The van der Waals surface area contributed by atoms with Gasteiger partial charge in [0.25, 0.3) is 5.91 Å². The van der Waals surface area contributed by atoms with Crippen molar-refractivity contribution in [3.63, 3.8) is 0 Å². The second-order valence-electron chi connectivity index (χ2n) is 5.38. The molecule has 1 saturated carbocycles. The van der Waals surface area contributed by atoms with Crippen LogP contribution in [0.2, 0.25) is 0 Å². The van der Waals surface area contributed by atoms with Crippen LogP contribution < -0.4 is 10.5 Å². The van der Waals surface area contributed by atoms with Crippen molar-refractivity contribution >= 4 is 15.9 Å². The van der Waals surface area contributed by atoms with Crippen molar-refractivity contribution in [3.8, 4) is 0 Å². The quantitative estimate of drug-likeness (QED) is 0.819. The number of carbonyl (C=O) groups excluding carboxylic acids is 1. The van der Waals surface area contributed by atoms with E-state index in [-0.39, 0.29) is 16.8 Å². The van der Waals surface area contributed by atoms with Crippen LogP contribution in [0.15, 0.2) is 17.2 Å². The van der Waals surface area contributed by atoms with Gasteiger partial charge in [0.1, 0.15) is 10.6 Å². The van der Waals surface area contributed by atoms with Gasteiger partial charge in [-0.1, -0.05) is 25.7 Å². The van der Waals surface area contributed by atoms with E-state index >= 15 is 0 Å². The van der Waals surface area contributed by atoms with Crippen molar-refractivity contribution in [2.45, 2.75) is 49.5 Å². The Balaban J connectivity index is 2.11. The Kier molecular flexibility index (Phi) is 4.49. The Morgan fingerprint density at radius 3 is 2.40 bits per heavy atom. The smallest absolute Gasteiger partial charge is 0.268 e. The third-order valence-electron chi connectivity index (χ3n) is 3.73. The third kappa shape index (κ3) is 3.61. The number of primary sulfonamides is 1. The maximum atomic E-state index is 12.2. The second-order valence-corrected chi connectivity index (χ2v) is 6.94. The van der Waals surface area contributed by atoms with Crippen LogP contribution in [0.3, 0.4) is 0 Å². The van der Waals surface area contributed by atoms with E-state index in [4.69, 9.17) is 5.14 Å². The van der Waals surface area contributed by atoms with Crippen LogP contribution in [0, 0.1) is 0 Å². The van der Waals surface area contributed by atoms with E-state index in [1.54, 1.807) is 7.05 Å². The molecular formula is C13H21N3O3S. The van der Waals surface area contributed by atoms with Gasteiger partial charge in [-0.25, -0.2) is 13.6 Å². The predicted octanol–water partition coefficient (Wildman–Crippen LogP) is 1.13. The maximum absolute atomic E-state index is 12.2. The van der Waals surface area contributed by atoms with E-state index in [0.29, 0.717) is 5.69 Å². The number of amides is 1. The molecule has 0 atom stereocenters. The zero-order chi connectivity index (χ0) is 14.8. The van der Waals surface area contributed by atoms with Gasteiger partial charge in [-0.3, -0.25) is 4.79 Å². The molecule has 0 radical (unpaired) electrons. The summed E-state index contributed by atoms with van der Waals surface area (Å²) in [5, 5.41) is 8.06. The highest BCUT2D eigenvalue weighted by Gasteiger charge is 2.20. The molecule has 3 N–H and O–H groups in total. The minimum absolute atomic E-state index is 0.0361. The molecular weight excluding hydrogens is 278 g/mol. The summed E-state index contributed by atoms with van der Waals surface area (Å²) >= 11 is 0. The van der Waals surface area contributed by atoms with E-state index in [1.165, 1.54) is 29.7 Å².